The van der Waals surface area contributed by atoms with Crippen LogP contribution in [0.15, 0.2) is 43.0 Å². The number of hydrogen-bond acceptors (Lipinski definition) is 9. The van der Waals surface area contributed by atoms with Gasteiger partial charge in [0.2, 0.25) is 5.91 Å². The highest BCUT2D eigenvalue weighted by Crippen LogP contribution is 2.24. The van der Waals surface area contributed by atoms with Crippen LogP contribution in [0, 0.1) is 0 Å². The van der Waals surface area contributed by atoms with E-state index in [9.17, 15) is 19.5 Å². The van der Waals surface area contributed by atoms with Crippen LogP contribution < -0.4 is 5.32 Å². The van der Waals surface area contributed by atoms with Gasteiger partial charge in [-0.1, -0.05) is 30.3 Å². The SMILES string of the molecule is CC(O)CN(CC(=O)OC(C)C)C(=O)Cn1cnc2ncnc-2c1NC(=O)OCc1ccccc1. The number of rotatable bonds is 10. The Balaban J connectivity index is 1.77. The molecule has 186 valence electrons. The van der Waals surface area contributed by atoms with Crippen LogP contribution in [0.1, 0.15) is 26.3 Å². The summed E-state index contributed by atoms with van der Waals surface area (Å²) in [4.78, 5) is 51.2. The number of hydrogen-bond donors (Lipinski definition) is 2. The van der Waals surface area contributed by atoms with E-state index in [1.807, 2.05) is 30.3 Å². The van der Waals surface area contributed by atoms with Crippen LogP contribution in [0.2, 0.25) is 0 Å². The monoisotopic (exact) mass is 484 g/mol. The van der Waals surface area contributed by atoms with E-state index in [1.54, 1.807) is 13.8 Å². The molecule has 2 aliphatic rings. The Kier molecular flexibility index (Phi) is 8.68. The third-order valence-corrected chi connectivity index (χ3v) is 4.67. The van der Waals surface area contributed by atoms with Crippen LogP contribution >= 0.6 is 0 Å². The number of anilines is 1. The minimum Gasteiger partial charge on any atom is -0.462 e. The predicted octanol–water partition coefficient (Wildman–Crippen LogP) is 1.69. The lowest BCUT2D eigenvalue weighted by atomic mass is 10.2. The molecule has 0 bridgehead atoms. The lowest BCUT2D eigenvalue weighted by molar-refractivity contribution is -0.153. The minimum absolute atomic E-state index is 0.0483. The van der Waals surface area contributed by atoms with Gasteiger partial charge in [-0.3, -0.25) is 14.9 Å². The molecule has 0 saturated carbocycles. The smallest absolute Gasteiger partial charge is 0.413 e. The number of ether oxygens (including phenoxy) is 2. The van der Waals surface area contributed by atoms with Crippen molar-refractivity contribution in [3.05, 3.63) is 48.5 Å². The van der Waals surface area contributed by atoms with Crippen molar-refractivity contribution in [3.63, 3.8) is 0 Å². The molecule has 2 amide bonds. The maximum atomic E-state index is 13.1. The Bertz CT molecular complexity index is 1120. The molecule has 2 N–H and O–H groups in total. The first-order valence-electron chi connectivity index (χ1n) is 11.0. The zero-order valence-electron chi connectivity index (χ0n) is 19.7. The van der Waals surface area contributed by atoms with Gasteiger partial charge in [-0.2, -0.15) is 0 Å². The van der Waals surface area contributed by atoms with E-state index in [0.29, 0.717) is 0 Å². The molecule has 2 aliphatic heterocycles. The first-order valence-corrected chi connectivity index (χ1v) is 11.0. The first-order chi connectivity index (χ1) is 16.7. The third-order valence-electron chi connectivity index (χ3n) is 4.67. The standard InChI is InChI=1S/C23H28N6O6/c1-15(2)35-19(32)11-28(9-16(3)30)18(31)10-29-14-26-21-20(24-13-25-21)22(29)27-23(33)34-12-17-7-5-4-6-8-17/h4-8,13-16,30H,9-12H2,1-3H3,(H,27,33). The Morgan fingerprint density at radius 3 is 2.54 bits per heavy atom. The van der Waals surface area contributed by atoms with Gasteiger partial charge in [0.05, 0.1) is 18.5 Å². The average Bonchev–Trinajstić information content (AvgIpc) is 3.28. The molecule has 0 saturated heterocycles. The number of esters is 1. The van der Waals surface area contributed by atoms with Gasteiger partial charge in [0.25, 0.3) is 0 Å². The van der Waals surface area contributed by atoms with Crippen molar-refractivity contribution in [1.29, 1.82) is 0 Å². The molecule has 35 heavy (non-hydrogen) atoms. The number of nitrogens with one attached hydrogen (secondary N) is 1. The lowest BCUT2D eigenvalue weighted by Gasteiger charge is -2.25. The van der Waals surface area contributed by atoms with Gasteiger partial charge in [0, 0.05) is 6.54 Å². The fourth-order valence-corrected chi connectivity index (χ4v) is 3.22. The molecule has 2 heterocycles. The fourth-order valence-electron chi connectivity index (χ4n) is 3.22. The Morgan fingerprint density at radius 1 is 1.11 bits per heavy atom. The number of aliphatic hydroxyl groups is 1. The van der Waals surface area contributed by atoms with Crippen LogP contribution in [0.3, 0.4) is 0 Å². The number of aliphatic hydroxyl groups excluding tert-OH is 1. The van der Waals surface area contributed by atoms with Crippen molar-refractivity contribution in [2.24, 2.45) is 0 Å². The van der Waals surface area contributed by atoms with Crippen LogP contribution in [-0.4, -0.2) is 72.8 Å². The largest absolute Gasteiger partial charge is 0.462 e. The molecular formula is C23H28N6O6. The average molecular weight is 485 g/mol. The molecule has 0 aromatic heterocycles. The summed E-state index contributed by atoms with van der Waals surface area (Å²) in [6, 6.07) is 9.16. The Morgan fingerprint density at radius 2 is 1.86 bits per heavy atom. The van der Waals surface area contributed by atoms with Crippen LogP contribution in [0.4, 0.5) is 10.6 Å². The highest BCUT2D eigenvalue weighted by molar-refractivity contribution is 5.89. The van der Waals surface area contributed by atoms with Crippen LogP contribution in [-0.2, 0) is 32.2 Å². The van der Waals surface area contributed by atoms with Crippen molar-refractivity contribution < 1.29 is 29.0 Å². The molecule has 0 aliphatic carbocycles. The van der Waals surface area contributed by atoms with Crippen molar-refractivity contribution in [1.82, 2.24) is 24.4 Å². The summed E-state index contributed by atoms with van der Waals surface area (Å²) >= 11 is 0. The summed E-state index contributed by atoms with van der Waals surface area (Å²) in [7, 11) is 0. The second-order valence-corrected chi connectivity index (χ2v) is 8.12. The van der Waals surface area contributed by atoms with Gasteiger partial charge in [0.15, 0.2) is 11.5 Å². The van der Waals surface area contributed by atoms with E-state index in [-0.39, 0.29) is 49.7 Å². The summed E-state index contributed by atoms with van der Waals surface area (Å²) in [6.45, 7) is 4.23. The fraction of sp³-hybridized carbons (Fsp3) is 0.391. The number of carbonyl (C=O) groups excluding carboxylic acids is 3. The summed E-state index contributed by atoms with van der Waals surface area (Å²) in [5.74, 6) is -0.677. The molecule has 0 spiro atoms. The number of carbonyl (C=O) groups is 3. The molecule has 12 nitrogen and oxygen atoms in total. The Hall–Kier alpha value is -4.06. The first kappa shape index (κ1) is 25.6. The predicted molar refractivity (Wildman–Crippen MR) is 124 cm³/mol. The van der Waals surface area contributed by atoms with Gasteiger partial charge in [0.1, 0.15) is 31.8 Å². The van der Waals surface area contributed by atoms with Gasteiger partial charge >= 0.3 is 12.1 Å². The molecular weight excluding hydrogens is 456 g/mol. The van der Waals surface area contributed by atoms with E-state index in [2.05, 4.69) is 20.3 Å². The van der Waals surface area contributed by atoms with Crippen LogP contribution in [0.5, 0.6) is 0 Å². The summed E-state index contributed by atoms with van der Waals surface area (Å²) < 4.78 is 11.8. The third kappa shape index (κ3) is 7.47. The highest BCUT2D eigenvalue weighted by Gasteiger charge is 2.24. The van der Waals surface area contributed by atoms with Crippen molar-refractivity contribution in [2.45, 2.75) is 46.1 Å². The molecule has 12 heteroatoms. The number of fused-ring (bicyclic) bond motifs is 1. The summed E-state index contributed by atoms with van der Waals surface area (Å²) in [6.07, 6.45) is 0.635. The topological polar surface area (TPSA) is 149 Å². The van der Waals surface area contributed by atoms with E-state index in [0.717, 1.165) is 5.56 Å². The quantitative estimate of drug-likeness (QED) is 0.410. The van der Waals surface area contributed by atoms with E-state index < -0.39 is 24.1 Å². The summed E-state index contributed by atoms with van der Waals surface area (Å²) in [5, 5.41) is 12.4. The number of benzene rings is 1. The minimum atomic E-state index is -0.872. The van der Waals surface area contributed by atoms with Crippen molar-refractivity contribution >= 4 is 23.8 Å². The molecule has 0 fully saturated rings. The van der Waals surface area contributed by atoms with E-state index >= 15 is 0 Å². The molecule has 1 atom stereocenters. The van der Waals surface area contributed by atoms with Crippen molar-refractivity contribution in [3.8, 4) is 11.5 Å². The summed E-state index contributed by atoms with van der Waals surface area (Å²) in [5.41, 5.74) is 1.07. The number of imidazole rings is 1. The molecule has 1 aromatic carbocycles. The Labute approximate surface area is 202 Å². The van der Waals surface area contributed by atoms with Gasteiger partial charge < -0.3 is 24.0 Å². The molecule has 0 radical (unpaired) electrons. The van der Waals surface area contributed by atoms with Gasteiger partial charge in [-0.15, -0.1) is 0 Å². The van der Waals surface area contributed by atoms with E-state index in [1.165, 1.54) is 29.0 Å². The zero-order chi connectivity index (χ0) is 25.4. The van der Waals surface area contributed by atoms with Gasteiger partial charge in [-0.25, -0.2) is 19.7 Å². The number of nitrogens with zero attached hydrogens (tertiary/aromatic N) is 5. The maximum Gasteiger partial charge on any atom is 0.413 e. The molecule has 1 unspecified atom stereocenters. The molecule has 3 rings (SSSR count). The van der Waals surface area contributed by atoms with E-state index in [4.69, 9.17) is 9.47 Å². The molecule has 1 aromatic rings. The zero-order valence-corrected chi connectivity index (χ0v) is 19.7. The second-order valence-electron chi connectivity index (χ2n) is 8.12. The number of amides is 2. The second kappa shape index (κ2) is 11.9. The number of aromatic nitrogens is 4. The maximum absolute atomic E-state index is 13.1. The lowest BCUT2D eigenvalue weighted by Crippen LogP contribution is -2.42. The van der Waals surface area contributed by atoms with Crippen molar-refractivity contribution in [2.75, 3.05) is 18.4 Å². The highest BCUT2D eigenvalue weighted by atomic mass is 16.5. The van der Waals surface area contributed by atoms with Crippen LogP contribution in [0.25, 0.3) is 11.5 Å². The van der Waals surface area contributed by atoms with Gasteiger partial charge in [-0.05, 0) is 26.3 Å². The normalized spacial score (nSPS) is 11.8.